The van der Waals surface area contributed by atoms with Crippen molar-refractivity contribution in [1.29, 1.82) is 0 Å². The maximum atomic E-state index is 9.24. The Morgan fingerprint density at radius 3 is 2.75 bits per heavy atom. The van der Waals surface area contributed by atoms with Gasteiger partial charge < -0.3 is 15.2 Å². The predicted octanol–water partition coefficient (Wildman–Crippen LogP) is 1.45. The molecule has 1 atom stereocenters. The Morgan fingerprint density at radius 2 is 2.12 bits per heavy atom. The Morgan fingerprint density at radius 1 is 1.31 bits per heavy atom. The van der Waals surface area contributed by atoms with Gasteiger partial charge in [-0.3, -0.25) is 0 Å². The fourth-order valence-electron chi connectivity index (χ4n) is 3.32. The van der Waals surface area contributed by atoms with Crippen LogP contribution in [0.1, 0.15) is 44.9 Å². The van der Waals surface area contributed by atoms with Gasteiger partial charge in [0.25, 0.3) is 0 Å². The van der Waals surface area contributed by atoms with Crippen molar-refractivity contribution < 1.29 is 9.84 Å². The minimum atomic E-state index is -0.0144. The van der Waals surface area contributed by atoms with E-state index in [2.05, 4.69) is 5.32 Å². The normalized spacial score (nSPS) is 41.4. The molecule has 0 radical (unpaired) electrons. The van der Waals surface area contributed by atoms with Gasteiger partial charge in [0.2, 0.25) is 0 Å². The van der Waals surface area contributed by atoms with Gasteiger partial charge in [-0.2, -0.15) is 0 Å². The number of hydrogen-bond donors (Lipinski definition) is 2. The molecule has 92 valence electrons. The average molecular weight is 225 g/mol. The summed E-state index contributed by atoms with van der Waals surface area (Å²) in [5.41, 5.74) is 0.259. The van der Waals surface area contributed by atoms with Crippen molar-refractivity contribution in [2.45, 2.75) is 62.7 Å². The van der Waals surface area contributed by atoms with E-state index in [1.165, 1.54) is 25.7 Å². The summed E-state index contributed by atoms with van der Waals surface area (Å²) in [6, 6.07) is 0.659. The van der Waals surface area contributed by atoms with E-state index < -0.39 is 0 Å². The molecule has 1 aliphatic heterocycles. The highest BCUT2D eigenvalue weighted by atomic mass is 16.5. The second-order valence-corrected chi connectivity index (χ2v) is 5.97. The number of hydrogen-bond acceptors (Lipinski definition) is 3. The fraction of sp³-hybridized carbons (Fsp3) is 1.00. The van der Waals surface area contributed by atoms with Crippen LogP contribution in [0.15, 0.2) is 0 Å². The summed E-state index contributed by atoms with van der Waals surface area (Å²) in [6.45, 7) is 2.03. The smallest absolute Gasteiger partial charge is 0.0697 e. The highest BCUT2D eigenvalue weighted by Crippen LogP contribution is 2.42. The van der Waals surface area contributed by atoms with Crippen molar-refractivity contribution in [1.82, 2.24) is 5.32 Å². The van der Waals surface area contributed by atoms with Crippen molar-refractivity contribution in [3.05, 3.63) is 0 Å². The second kappa shape index (κ2) is 4.28. The maximum absolute atomic E-state index is 9.24. The summed E-state index contributed by atoms with van der Waals surface area (Å²) in [5.74, 6) is 0.718. The first kappa shape index (κ1) is 11.0. The average Bonchev–Trinajstić information content (AvgIpc) is 2.21. The summed E-state index contributed by atoms with van der Waals surface area (Å²) < 4.78 is 5.92. The molecule has 1 heterocycles. The lowest BCUT2D eigenvalue weighted by Crippen LogP contribution is -2.52. The first-order valence-corrected chi connectivity index (χ1v) is 6.81. The van der Waals surface area contributed by atoms with Crippen LogP contribution in [0.5, 0.6) is 0 Å². The molecule has 3 aliphatic rings. The molecule has 0 bridgehead atoms. The third-order valence-corrected chi connectivity index (χ3v) is 4.66. The van der Waals surface area contributed by atoms with Gasteiger partial charge in [-0.05, 0) is 57.4 Å². The van der Waals surface area contributed by atoms with E-state index in [0.717, 1.165) is 38.3 Å². The number of rotatable bonds is 3. The van der Waals surface area contributed by atoms with Crippen molar-refractivity contribution in [3.8, 4) is 0 Å². The first-order chi connectivity index (χ1) is 7.76. The zero-order valence-corrected chi connectivity index (χ0v) is 9.95. The van der Waals surface area contributed by atoms with Crippen molar-refractivity contribution >= 4 is 0 Å². The van der Waals surface area contributed by atoms with E-state index >= 15 is 0 Å². The van der Waals surface area contributed by atoms with Crippen LogP contribution in [0.4, 0.5) is 0 Å². The Bertz CT molecular complexity index is 246. The minimum absolute atomic E-state index is 0.0144. The molecule has 2 saturated carbocycles. The Labute approximate surface area is 97.6 Å². The summed E-state index contributed by atoms with van der Waals surface area (Å²) in [5, 5.41) is 12.9. The molecule has 2 aliphatic carbocycles. The molecule has 1 saturated heterocycles. The van der Waals surface area contributed by atoms with Gasteiger partial charge in [0.15, 0.2) is 0 Å². The van der Waals surface area contributed by atoms with Gasteiger partial charge >= 0.3 is 0 Å². The minimum Gasteiger partial charge on any atom is -0.393 e. The number of nitrogens with one attached hydrogen (secondary N) is 1. The van der Waals surface area contributed by atoms with Gasteiger partial charge in [0.1, 0.15) is 0 Å². The number of aliphatic hydroxyl groups is 1. The lowest BCUT2D eigenvalue weighted by atomic mass is 9.73. The third kappa shape index (κ3) is 2.13. The summed E-state index contributed by atoms with van der Waals surface area (Å²) >= 11 is 0. The lowest BCUT2D eigenvalue weighted by molar-refractivity contribution is -0.136. The van der Waals surface area contributed by atoms with E-state index in [1.807, 2.05) is 0 Å². The molecule has 0 aromatic carbocycles. The van der Waals surface area contributed by atoms with Crippen LogP contribution in [-0.2, 0) is 4.74 Å². The molecular formula is C13H23NO2. The molecule has 3 heteroatoms. The SMILES string of the molecule is OC1CC(CNC2CCOC3(CCC3)C2)C1. The van der Waals surface area contributed by atoms with Crippen LogP contribution in [-0.4, -0.2) is 36.0 Å². The van der Waals surface area contributed by atoms with E-state index in [1.54, 1.807) is 0 Å². The standard InChI is InChI=1S/C13H23NO2/c15-12-6-10(7-12)9-14-11-2-5-16-13(8-11)3-1-4-13/h10-12,14-15H,1-9H2. The molecule has 3 nitrogen and oxygen atoms in total. The van der Waals surface area contributed by atoms with Crippen molar-refractivity contribution in [3.63, 3.8) is 0 Å². The molecular weight excluding hydrogens is 202 g/mol. The van der Waals surface area contributed by atoms with E-state index in [0.29, 0.717) is 6.04 Å². The summed E-state index contributed by atoms with van der Waals surface area (Å²) in [6.07, 6.45) is 8.25. The van der Waals surface area contributed by atoms with Gasteiger partial charge in [-0.1, -0.05) is 0 Å². The van der Waals surface area contributed by atoms with Crippen molar-refractivity contribution in [2.75, 3.05) is 13.2 Å². The third-order valence-electron chi connectivity index (χ3n) is 4.66. The Hall–Kier alpha value is -0.120. The molecule has 0 aromatic rings. The number of ether oxygens (including phenoxy) is 1. The zero-order valence-electron chi connectivity index (χ0n) is 9.95. The van der Waals surface area contributed by atoms with E-state index in [9.17, 15) is 5.11 Å². The molecule has 16 heavy (non-hydrogen) atoms. The molecule has 0 amide bonds. The predicted molar refractivity (Wildman–Crippen MR) is 62.3 cm³/mol. The van der Waals surface area contributed by atoms with Gasteiger partial charge in [0, 0.05) is 12.6 Å². The largest absolute Gasteiger partial charge is 0.393 e. The summed E-state index contributed by atoms with van der Waals surface area (Å²) in [7, 11) is 0. The van der Waals surface area contributed by atoms with Crippen LogP contribution in [0.3, 0.4) is 0 Å². The Kier molecular flexibility index (Phi) is 2.94. The van der Waals surface area contributed by atoms with Gasteiger partial charge in [-0.25, -0.2) is 0 Å². The van der Waals surface area contributed by atoms with Crippen LogP contribution in [0.25, 0.3) is 0 Å². The first-order valence-electron chi connectivity index (χ1n) is 6.81. The van der Waals surface area contributed by atoms with Crippen molar-refractivity contribution in [2.24, 2.45) is 5.92 Å². The molecule has 0 aromatic heterocycles. The molecule has 3 rings (SSSR count). The quantitative estimate of drug-likeness (QED) is 0.764. The highest BCUT2D eigenvalue weighted by Gasteiger charge is 2.42. The zero-order chi connectivity index (χ0) is 11.0. The van der Waals surface area contributed by atoms with Crippen LogP contribution in [0, 0.1) is 5.92 Å². The Balaban J connectivity index is 1.41. The van der Waals surface area contributed by atoms with Crippen LogP contribution >= 0.6 is 0 Å². The molecule has 1 spiro atoms. The lowest BCUT2D eigenvalue weighted by Gasteiger charge is -2.47. The second-order valence-electron chi connectivity index (χ2n) is 5.97. The number of aliphatic hydroxyl groups excluding tert-OH is 1. The fourth-order valence-corrected chi connectivity index (χ4v) is 3.32. The van der Waals surface area contributed by atoms with Crippen LogP contribution in [0.2, 0.25) is 0 Å². The van der Waals surface area contributed by atoms with E-state index in [4.69, 9.17) is 4.74 Å². The highest BCUT2D eigenvalue weighted by molar-refractivity contribution is 4.96. The van der Waals surface area contributed by atoms with Crippen LogP contribution < -0.4 is 5.32 Å². The molecule has 3 fully saturated rings. The summed E-state index contributed by atoms with van der Waals surface area (Å²) in [4.78, 5) is 0. The maximum Gasteiger partial charge on any atom is 0.0697 e. The van der Waals surface area contributed by atoms with Gasteiger partial charge in [0.05, 0.1) is 11.7 Å². The molecule has 2 N–H and O–H groups in total. The topological polar surface area (TPSA) is 41.5 Å². The van der Waals surface area contributed by atoms with E-state index in [-0.39, 0.29) is 11.7 Å². The molecule has 1 unspecified atom stereocenters. The van der Waals surface area contributed by atoms with Gasteiger partial charge in [-0.15, -0.1) is 0 Å². The monoisotopic (exact) mass is 225 g/mol.